The van der Waals surface area contributed by atoms with Gasteiger partial charge in [0.15, 0.2) is 0 Å². The Hall–Kier alpha value is -3.73. The first kappa shape index (κ1) is 18.6. The Balaban J connectivity index is 1.52. The second-order valence-electron chi connectivity index (χ2n) is 7.17. The van der Waals surface area contributed by atoms with Crippen molar-refractivity contribution in [3.05, 3.63) is 90.4 Å². The van der Waals surface area contributed by atoms with Crippen molar-refractivity contribution in [2.75, 3.05) is 10.6 Å². The van der Waals surface area contributed by atoms with Gasteiger partial charge in [-0.25, -0.2) is 0 Å². The van der Waals surface area contributed by atoms with Crippen LogP contribution in [-0.4, -0.2) is 15.9 Å². The number of nitrogens with zero attached hydrogens (tertiary/aromatic N) is 2. The highest BCUT2D eigenvalue weighted by atomic mass is 16.1. The van der Waals surface area contributed by atoms with E-state index in [2.05, 4.69) is 46.6 Å². The number of benzene rings is 2. The highest BCUT2D eigenvalue weighted by Gasteiger charge is 2.11. The third-order valence-electron chi connectivity index (χ3n) is 4.74. The number of amides is 1. The number of carbonyl (C=O) groups is 1. The van der Waals surface area contributed by atoms with Crippen LogP contribution in [0.25, 0.3) is 10.9 Å². The van der Waals surface area contributed by atoms with Gasteiger partial charge in [0.1, 0.15) is 5.69 Å². The molecule has 0 saturated carbocycles. The number of rotatable bonds is 5. The van der Waals surface area contributed by atoms with Crippen LogP contribution in [0.1, 0.15) is 35.8 Å². The normalized spacial score (nSPS) is 10.9. The highest BCUT2D eigenvalue weighted by Crippen LogP contribution is 2.23. The molecule has 0 fully saturated rings. The van der Waals surface area contributed by atoms with E-state index in [1.54, 1.807) is 18.5 Å². The van der Waals surface area contributed by atoms with Crippen LogP contribution in [0, 0.1) is 0 Å². The van der Waals surface area contributed by atoms with E-state index in [9.17, 15) is 4.79 Å². The summed E-state index contributed by atoms with van der Waals surface area (Å²) in [4.78, 5) is 21.3. The van der Waals surface area contributed by atoms with Crippen molar-refractivity contribution in [1.82, 2.24) is 9.97 Å². The molecule has 0 spiro atoms. The van der Waals surface area contributed by atoms with E-state index in [0.29, 0.717) is 17.3 Å². The van der Waals surface area contributed by atoms with E-state index in [1.165, 1.54) is 5.56 Å². The van der Waals surface area contributed by atoms with Crippen molar-refractivity contribution in [2.24, 2.45) is 0 Å². The lowest BCUT2D eigenvalue weighted by atomic mass is 10.0. The molecule has 2 N–H and O–H groups in total. The fourth-order valence-corrected chi connectivity index (χ4v) is 3.14. The molecule has 0 aliphatic carbocycles. The van der Waals surface area contributed by atoms with Crippen LogP contribution < -0.4 is 10.6 Å². The summed E-state index contributed by atoms with van der Waals surface area (Å²) in [5, 5.41) is 7.22. The van der Waals surface area contributed by atoms with E-state index in [-0.39, 0.29) is 5.91 Å². The van der Waals surface area contributed by atoms with Gasteiger partial charge in [-0.15, -0.1) is 0 Å². The minimum atomic E-state index is -0.276. The molecule has 0 saturated heterocycles. The van der Waals surface area contributed by atoms with E-state index < -0.39 is 0 Å². The van der Waals surface area contributed by atoms with Crippen LogP contribution in [-0.2, 0) is 0 Å². The van der Waals surface area contributed by atoms with E-state index >= 15 is 0 Å². The maximum Gasteiger partial charge on any atom is 0.274 e. The van der Waals surface area contributed by atoms with Crippen LogP contribution in [0.2, 0.25) is 0 Å². The van der Waals surface area contributed by atoms with Gasteiger partial charge in [-0.05, 0) is 47.9 Å². The fraction of sp³-hybridized carbons (Fsp3) is 0.125. The molecule has 0 bridgehead atoms. The molecule has 0 aliphatic heterocycles. The molecule has 5 nitrogen and oxygen atoms in total. The summed E-state index contributed by atoms with van der Waals surface area (Å²) in [5.74, 6) is 0.214. The van der Waals surface area contributed by atoms with Crippen molar-refractivity contribution in [3.8, 4) is 0 Å². The molecule has 29 heavy (non-hydrogen) atoms. The van der Waals surface area contributed by atoms with Gasteiger partial charge in [0.2, 0.25) is 0 Å². The molecule has 0 aliphatic rings. The van der Waals surface area contributed by atoms with Gasteiger partial charge in [-0.2, -0.15) is 0 Å². The summed E-state index contributed by atoms with van der Waals surface area (Å²) >= 11 is 0. The van der Waals surface area contributed by atoms with Crippen LogP contribution in [0.15, 0.2) is 79.1 Å². The Labute approximate surface area is 169 Å². The number of carbonyl (C=O) groups excluding carboxylic acids is 1. The minimum Gasteiger partial charge on any atom is -0.355 e. The number of pyridine rings is 2. The van der Waals surface area contributed by atoms with Gasteiger partial charge in [0, 0.05) is 29.2 Å². The Kier molecular flexibility index (Phi) is 5.20. The van der Waals surface area contributed by atoms with Crippen LogP contribution in [0.4, 0.5) is 17.1 Å². The summed E-state index contributed by atoms with van der Waals surface area (Å²) in [6, 6.07) is 21.4. The number of para-hydroxylation sites is 1. The average Bonchev–Trinajstić information content (AvgIpc) is 2.74. The van der Waals surface area contributed by atoms with E-state index in [1.807, 2.05) is 48.5 Å². The predicted octanol–water partition coefficient (Wildman–Crippen LogP) is 5.75. The van der Waals surface area contributed by atoms with Crippen LogP contribution >= 0.6 is 0 Å². The molecular formula is C24H22N4O. The molecule has 0 unspecified atom stereocenters. The zero-order valence-electron chi connectivity index (χ0n) is 16.4. The average molecular weight is 382 g/mol. The zero-order valence-corrected chi connectivity index (χ0v) is 16.4. The Morgan fingerprint density at radius 3 is 2.45 bits per heavy atom. The third kappa shape index (κ3) is 4.24. The molecule has 144 valence electrons. The molecule has 2 aromatic carbocycles. The van der Waals surface area contributed by atoms with Gasteiger partial charge in [0.25, 0.3) is 5.91 Å². The monoisotopic (exact) mass is 382 g/mol. The molecule has 0 radical (unpaired) electrons. The van der Waals surface area contributed by atoms with Crippen LogP contribution in [0.3, 0.4) is 0 Å². The zero-order chi connectivity index (χ0) is 20.2. The van der Waals surface area contributed by atoms with Crippen LogP contribution in [0.5, 0.6) is 0 Å². The quantitative estimate of drug-likeness (QED) is 0.461. The SMILES string of the molecule is CC(C)c1ccc(Nc2ccnc(C(=O)Nc3cccc4cccnc34)c2)cc1. The molecule has 1 amide bonds. The topological polar surface area (TPSA) is 66.9 Å². The van der Waals surface area contributed by atoms with Gasteiger partial charge in [0.05, 0.1) is 11.2 Å². The summed E-state index contributed by atoms with van der Waals surface area (Å²) in [6.07, 6.45) is 3.34. The maximum atomic E-state index is 12.8. The Morgan fingerprint density at radius 1 is 0.862 bits per heavy atom. The van der Waals surface area contributed by atoms with Crippen molar-refractivity contribution in [3.63, 3.8) is 0 Å². The molecule has 4 rings (SSSR count). The summed E-state index contributed by atoms with van der Waals surface area (Å²) in [5.41, 5.74) is 4.81. The standard InChI is InChI=1S/C24H22N4O/c1-16(2)17-8-10-19(11-9-17)27-20-12-14-25-22(15-20)24(29)28-21-7-3-5-18-6-4-13-26-23(18)21/h3-16H,1-2H3,(H,25,27)(H,28,29). The summed E-state index contributed by atoms with van der Waals surface area (Å²) in [7, 11) is 0. The van der Waals surface area contributed by atoms with E-state index in [0.717, 1.165) is 22.3 Å². The first-order valence-corrected chi connectivity index (χ1v) is 9.58. The number of aromatic nitrogens is 2. The van der Waals surface area contributed by atoms with Crippen molar-refractivity contribution in [1.29, 1.82) is 0 Å². The largest absolute Gasteiger partial charge is 0.355 e. The lowest BCUT2D eigenvalue weighted by molar-refractivity contribution is 0.102. The number of fused-ring (bicyclic) bond motifs is 1. The lowest BCUT2D eigenvalue weighted by Crippen LogP contribution is -2.14. The van der Waals surface area contributed by atoms with Crippen molar-refractivity contribution in [2.45, 2.75) is 19.8 Å². The number of hydrogen-bond acceptors (Lipinski definition) is 4. The van der Waals surface area contributed by atoms with Gasteiger partial charge < -0.3 is 10.6 Å². The molecular weight excluding hydrogens is 360 g/mol. The predicted molar refractivity (Wildman–Crippen MR) is 118 cm³/mol. The smallest absolute Gasteiger partial charge is 0.274 e. The summed E-state index contributed by atoms with van der Waals surface area (Å²) < 4.78 is 0. The minimum absolute atomic E-state index is 0.276. The van der Waals surface area contributed by atoms with Gasteiger partial charge >= 0.3 is 0 Å². The first-order valence-electron chi connectivity index (χ1n) is 9.58. The molecule has 0 atom stereocenters. The maximum absolute atomic E-state index is 12.8. The van der Waals surface area contributed by atoms with Crippen molar-refractivity contribution < 1.29 is 4.79 Å². The highest BCUT2D eigenvalue weighted by molar-refractivity contribution is 6.07. The molecule has 4 aromatic rings. The first-order chi connectivity index (χ1) is 14.1. The third-order valence-corrected chi connectivity index (χ3v) is 4.74. The van der Waals surface area contributed by atoms with Gasteiger partial charge in [-0.3, -0.25) is 14.8 Å². The number of nitrogens with one attached hydrogen (secondary N) is 2. The number of hydrogen-bond donors (Lipinski definition) is 2. The van der Waals surface area contributed by atoms with Gasteiger partial charge in [-0.1, -0.05) is 44.2 Å². The lowest BCUT2D eigenvalue weighted by Gasteiger charge is -2.11. The van der Waals surface area contributed by atoms with E-state index in [4.69, 9.17) is 0 Å². The molecule has 2 heterocycles. The number of anilines is 3. The second kappa shape index (κ2) is 8.10. The Bertz CT molecular complexity index is 1150. The fourth-order valence-electron chi connectivity index (χ4n) is 3.14. The Morgan fingerprint density at radius 2 is 1.66 bits per heavy atom. The second-order valence-corrected chi connectivity index (χ2v) is 7.17. The van der Waals surface area contributed by atoms with Crippen molar-refractivity contribution >= 4 is 33.9 Å². The summed E-state index contributed by atoms with van der Waals surface area (Å²) in [6.45, 7) is 4.34. The molecule has 5 heteroatoms. The molecule has 2 aromatic heterocycles.